The molecule has 9 heteroatoms. The number of hydrogen-bond acceptors (Lipinski definition) is 4. The summed E-state index contributed by atoms with van der Waals surface area (Å²) in [6, 6.07) is 17.6. The summed E-state index contributed by atoms with van der Waals surface area (Å²) in [5.41, 5.74) is 3.36. The Morgan fingerprint density at radius 1 is 1.00 bits per heavy atom. The third-order valence-electron chi connectivity index (χ3n) is 3.97. The molecule has 158 valence electrons. The molecule has 0 aromatic heterocycles. The fourth-order valence-corrected chi connectivity index (χ4v) is 2.79. The summed E-state index contributed by atoms with van der Waals surface area (Å²) in [4.78, 5) is 23.9. The van der Waals surface area contributed by atoms with Gasteiger partial charge in [-0.15, -0.1) is 0 Å². The maximum atomic E-state index is 13.7. The van der Waals surface area contributed by atoms with Gasteiger partial charge in [0.25, 0.3) is 0 Å². The average Bonchev–Trinajstić information content (AvgIpc) is 2.76. The smallest absolute Gasteiger partial charge is 0.329 e. The number of carbonyl (C=O) groups is 2. The minimum Gasteiger partial charge on any atom is -0.489 e. The van der Waals surface area contributed by atoms with Gasteiger partial charge in [0, 0.05) is 10.6 Å². The van der Waals surface area contributed by atoms with Crippen molar-refractivity contribution in [2.24, 2.45) is 5.10 Å². The molecule has 0 atom stereocenters. The van der Waals surface area contributed by atoms with Crippen LogP contribution in [0.3, 0.4) is 0 Å². The zero-order valence-corrected chi connectivity index (χ0v) is 17.5. The van der Waals surface area contributed by atoms with Crippen LogP contribution in [0.4, 0.5) is 10.1 Å². The van der Waals surface area contributed by atoms with Crippen molar-refractivity contribution in [2.45, 2.75) is 6.61 Å². The number of anilines is 1. The van der Waals surface area contributed by atoms with Crippen LogP contribution < -0.4 is 15.5 Å². The van der Waals surface area contributed by atoms with E-state index in [1.54, 1.807) is 48.5 Å². The van der Waals surface area contributed by atoms with Gasteiger partial charge in [-0.25, -0.2) is 9.82 Å². The second kappa shape index (κ2) is 10.6. The third kappa shape index (κ3) is 6.53. The summed E-state index contributed by atoms with van der Waals surface area (Å²) < 4.78 is 19.3. The number of carbonyl (C=O) groups excluding carboxylic acids is 2. The molecule has 0 aliphatic carbocycles. The van der Waals surface area contributed by atoms with Gasteiger partial charge < -0.3 is 10.1 Å². The highest BCUT2D eigenvalue weighted by Gasteiger charge is 2.14. The van der Waals surface area contributed by atoms with Crippen molar-refractivity contribution >= 4 is 46.9 Å². The maximum absolute atomic E-state index is 13.7. The van der Waals surface area contributed by atoms with E-state index in [1.165, 1.54) is 24.4 Å². The SMILES string of the molecule is O=C(N/N=C/c1cccc(OCc2ccccc2F)c1)C(=O)Nc1cc(Cl)ccc1Cl. The molecule has 31 heavy (non-hydrogen) atoms. The summed E-state index contributed by atoms with van der Waals surface area (Å²) in [5, 5.41) is 6.71. The van der Waals surface area contributed by atoms with Gasteiger partial charge in [-0.3, -0.25) is 9.59 Å². The van der Waals surface area contributed by atoms with Gasteiger partial charge in [-0.05, 0) is 42.0 Å². The first-order valence-electron chi connectivity index (χ1n) is 8.98. The Labute approximate surface area is 187 Å². The second-order valence-corrected chi connectivity index (χ2v) is 7.07. The lowest BCUT2D eigenvalue weighted by Crippen LogP contribution is -2.32. The van der Waals surface area contributed by atoms with E-state index in [9.17, 15) is 14.0 Å². The first kappa shape index (κ1) is 22.3. The topological polar surface area (TPSA) is 79.8 Å². The third-order valence-corrected chi connectivity index (χ3v) is 4.54. The van der Waals surface area contributed by atoms with Gasteiger partial charge in [-0.1, -0.05) is 53.5 Å². The van der Waals surface area contributed by atoms with Crippen LogP contribution in [0.1, 0.15) is 11.1 Å². The van der Waals surface area contributed by atoms with Crippen LogP contribution in [0.25, 0.3) is 0 Å². The number of hydrogen-bond donors (Lipinski definition) is 2. The molecule has 0 bridgehead atoms. The molecule has 3 rings (SSSR count). The Morgan fingerprint density at radius 3 is 2.61 bits per heavy atom. The minimum atomic E-state index is -0.987. The monoisotopic (exact) mass is 459 g/mol. The van der Waals surface area contributed by atoms with Crippen molar-refractivity contribution in [1.29, 1.82) is 0 Å². The Kier molecular flexibility index (Phi) is 7.59. The lowest BCUT2D eigenvalue weighted by atomic mass is 10.2. The normalized spacial score (nSPS) is 10.7. The fraction of sp³-hybridized carbons (Fsp3) is 0.0455. The van der Waals surface area contributed by atoms with E-state index < -0.39 is 11.8 Å². The molecule has 0 aliphatic heterocycles. The summed E-state index contributed by atoms with van der Waals surface area (Å²) in [6.07, 6.45) is 1.34. The number of amides is 2. The molecule has 3 aromatic carbocycles. The Bertz CT molecular complexity index is 1140. The molecule has 0 fully saturated rings. The predicted molar refractivity (Wildman–Crippen MR) is 118 cm³/mol. The molecule has 0 unspecified atom stereocenters. The summed E-state index contributed by atoms with van der Waals surface area (Å²) in [5.74, 6) is -1.80. The number of rotatable bonds is 6. The van der Waals surface area contributed by atoms with E-state index in [0.717, 1.165) is 0 Å². The lowest BCUT2D eigenvalue weighted by Gasteiger charge is -2.08. The molecule has 0 saturated carbocycles. The van der Waals surface area contributed by atoms with E-state index in [4.69, 9.17) is 27.9 Å². The standard InChI is InChI=1S/C22H16Cl2FN3O3/c23-16-8-9-18(24)20(11-16)27-21(29)22(30)28-26-12-14-4-3-6-17(10-14)31-13-15-5-1-2-7-19(15)25/h1-12H,13H2,(H,27,29)(H,28,30)/b26-12+. The first-order chi connectivity index (χ1) is 14.9. The summed E-state index contributed by atoms with van der Waals surface area (Å²) in [6.45, 7) is 0.0657. The number of nitrogens with one attached hydrogen (secondary N) is 2. The molecule has 6 nitrogen and oxygen atoms in total. The highest BCUT2D eigenvalue weighted by atomic mass is 35.5. The van der Waals surface area contributed by atoms with Crippen LogP contribution >= 0.6 is 23.2 Å². The lowest BCUT2D eigenvalue weighted by molar-refractivity contribution is -0.136. The van der Waals surface area contributed by atoms with Gasteiger partial charge in [0.2, 0.25) is 0 Å². The average molecular weight is 460 g/mol. The molecule has 3 aromatic rings. The number of hydrazone groups is 1. The molecule has 2 amide bonds. The van der Waals surface area contributed by atoms with Crippen LogP contribution in [0.5, 0.6) is 5.75 Å². The number of halogens is 3. The molecule has 0 radical (unpaired) electrons. The highest BCUT2D eigenvalue weighted by molar-refractivity contribution is 6.42. The Balaban J connectivity index is 1.55. The van der Waals surface area contributed by atoms with Crippen LogP contribution in [-0.4, -0.2) is 18.0 Å². The van der Waals surface area contributed by atoms with E-state index >= 15 is 0 Å². The molecule has 0 saturated heterocycles. The van der Waals surface area contributed by atoms with Crippen molar-refractivity contribution in [2.75, 3.05) is 5.32 Å². The Morgan fingerprint density at radius 2 is 1.81 bits per heavy atom. The van der Waals surface area contributed by atoms with Crippen LogP contribution in [0.2, 0.25) is 10.0 Å². The van der Waals surface area contributed by atoms with Crippen LogP contribution in [0.15, 0.2) is 71.8 Å². The van der Waals surface area contributed by atoms with Crippen molar-refractivity contribution in [1.82, 2.24) is 5.43 Å². The summed E-state index contributed by atoms with van der Waals surface area (Å²) >= 11 is 11.8. The van der Waals surface area contributed by atoms with Crippen molar-refractivity contribution in [3.05, 3.63) is 93.7 Å². The largest absolute Gasteiger partial charge is 0.489 e. The fourth-order valence-electron chi connectivity index (χ4n) is 2.45. The van der Waals surface area contributed by atoms with Gasteiger partial charge in [0.1, 0.15) is 18.2 Å². The van der Waals surface area contributed by atoms with Crippen molar-refractivity contribution < 1.29 is 18.7 Å². The van der Waals surface area contributed by atoms with Gasteiger partial charge in [0.05, 0.1) is 16.9 Å². The molecular weight excluding hydrogens is 444 g/mol. The minimum absolute atomic E-state index is 0.0657. The summed E-state index contributed by atoms with van der Waals surface area (Å²) in [7, 11) is 0. The molecule has 2 N–H and O–H groups in total. The van der Waals surface area contributed by atoms with Gasteiger partial charge in [0.15, 0.2) is 0 Å². The first-order valence-corrected chi connectivity index (χ1v) is 9.73. The van der Waals surface area contributed by atoms with Gasteiger partial charge >= 0.3 is 11.8 Å². The van der Waals surface area contributed by atoms with Crippen molar-refractivity contribution in [3.8, 4) is 5.75 Å². The zero-order valence-electron chi connectivity index (χ0n) is 15.9. The molecular formula is C22H16Cl2FN3O3. The van der Waals surface area contributed by atoms with Gasteiger partial charge in [-0.2, -0.15) is 5.10 Å². The van der Waals surface area contributed by atoms with E-state index in [1.807, 2.05) is 0 Å². The number of ether oxygens (including phenoxy) is 1. The van der Waals surface area contributed by atoms with E-state index in [-0.39, 0.29) is 23.1 Å². The highest BCUT2D eigenvalue weighted by Crippen LogP contribution is 2.25. The van der Waals surface area contributed by atoms with Crippen LogP contribution in [0, 0.1) is 5.82 Å². The number of nitrogens with zero attached hydrogens (tertiary/aromatic N) is 1. The van der Waals surface area contributed by atoms with Crippen molar-refractivity contribution in [3.63, 3.8) is 0 Å². The molecule has 0 spiro atoms. The maximum Gasteiger partial charge on any atom is 0.329 e. The second-order valence-electron chi connectivity index (χ2n) is 6.23. The Hall–Kier alpha value is -3.42. The zero-order chi connectivity index (χ0) is 22.2. The van der Waals surface area contributed by atoms with Crippen LogP contribution in [-0.2, 0) is 16.2 Å². The van der Waals surface area contributed by atoms with E-state index in [0.29, 0.717) is 21.9 Å². The quantitative estimate of drug-likeness (QED) is 0.315. The predicted octanol–water partition coefficient (Wildman–Crippen LogP) is 4.80. The molecule has 0 heterocycles. The molecule has 0 aliphatic rings. The number of benzene rings is 3. The van der Waals surface area contributed by atoms with E-state index in [2.05, 4.69) is 15.8 Å².